The Hall–Kier alpha value is -2.80. The topological polar surface area (TPSA) is 70.3 Å². The fourth-order valence-corrected chi connectivity index (χ4v) is 2.26. The van der Waals surface area contributed by atoms with E-state index in [1.165, 1.54) is 12.1 Å². The van der Waals surface area contributed by atoms with Crippen LogP contribution < -0.4 is 4.74 Å². The summed E-state index contributed by atoms with van der Waals surface area (Å²) in [5.74, 6) is 0.913. The van der Waals surface area contributed by atoms with Gasteiger partial charge >= 0.3 is 0 Å². The number of nitrogens with zero attached hydrogens (tertiary/aromatic N) is 3. The van der Waals surface area contributed by atoms with E-state index in [1.807, 2.05) is 26.8 Å². The van der Waals surface area contributed by atoms with E-state index < -0.39 is 6.10 Å². The average Bonchev–Trinajstić information content (AvgIpc) is 3.11. The Morgan fingerprint density at radius 1 is 1.12 bits per heavy atom. The Balaban J connectivity index is 1.70. The van der Waals surface area contributed by atoms with Crippen LogP contribution in [0.4, 0.5) is 4.39 Å². The predicted molar refractivity (Wildman–Crippen MR) is 92.9 cm³/mol. The fraction of sp³-hybridized carbons (Fsp3) is 0.316. The smallest absolute Gasteiger partial charge is 0.255 e. The van der Waals surface area contributed by atoms with Gasteiger partial charge in [0.05, 0.1) is 18.3 Å². The maximum absolute atomic E-state index is 12.9. The molecule has 1 atom stereocenters. The maximum Gasteiger partial charge on any atom is 0.255 e. The van der Waals surface area contributed by atoms with Crippen molar-refractivity contribution in [3.05, 3.63) is 59.9 Å². The molecule has 1 unspecified atom stereocenters. The van der Waals surface area contributed by atoms with Crippen molar-refractivity contribution in [3.63, 3.8) is 0 Å². The van der Waals surface area contributed by atoms with Crippen LogP contribution in [-0.2, 0) is 11.3 Å². The molecule has 0 N–H and O–H groups in total. The van der Waals surface area contributed by atoms with Crippen molar-refractivity contribution in [1.29, 1.82) is 0 Å². The van der Waals surface area contributed by atoms with Crippen molar-refractivity contribution in [1.82, 2.24) is 15.1 Å². The van der Waals surface area contributed by atoms with Gasteiger partial charge in [-0.1, -0.05) is 17.3 Å². The van der Waals surface area contributed by atoms with Gasteiger partial charge in [0.25, 0.3) is 5.89 Å². The number of rotatable bonds is 7. The third-order valence-electron chi connectivity index (χ3n) is 3.56. The molecule has 7 heteroatoms. The van der Waals surface area contributed by atoms with E-state index in [1.54, 1.807) is 24.4 Å². The summed E-state index contributed by atoms with van der Waals surface area (Å²) in [6.07, 6.45) is 1.22. The molecule has 3 aromatic rings. The zero-order valence-corrected chi connectivity index (χ0v) is 14.8. The van der Waals surface area contributed by atoms with Gasteiger partial charge in [-0.05, 0) is 50.6 Å². The van der Waals surface area contributed by atoms with Gasteiger partial charge in [-0.25, -0.2) is 9.37 Å². The first-order chi connectivity index (χ1) is 12.5. The molecule has 0 amide bonds. The van der Waals surface area contributed by atoms with Crippen LogP contribution in [0.15, 0.2) is 47.1 Å². The zero-order chi connectivity index (χ0) is 18.5. The lowest BCUT2D eigenvalue weighted by molar-refractivity contribution is 0.0307. The lowest BCUT2D eigenvalue weighted by Crippen LogP contribution is -2.08. The van der Waals surface area contributed by atoms with Gasteiger partial charge in [0.15, 0.2) is 0 Å². The first kappa shape index (κ1) is 18.0. The summed E-state index contributed by atoms with van der Waals surface area (Å²) < 4.78 is 29.7. The van der Waals surface area contributed by atoms with Crippen molar-refractivity contribution in [3.8, 4) is 17.3 Å². The Morgan fingerprint density at radius 2 is 1.88 bits per heavy atom. The number of benzene rings is 1. The second-order valence-corrected chi connectivity index (χ2v) is 6.06. The average molecular weight is 357 g/mol. The number of pyridine rings is 1. The van der Waals surface area contributed by atoms with Crippen LogP contribution in [0.3, 0.4) is 0 Å². The number of halogens is 1. The van der Waals surface area contributed by atoms with Crippen molar-refractivity contribution in [2.75, 3.05) is 0 Å². The van der Waals surface area contributed by atoms with E-state index in [0.29, 0.717) is 29.8 Å². The monoisotopic (exact) mass is 357 g/mol. The zero-order valence-electron chi connectivity index (χ0n) is 14.8. The third-order valence-corrected chi connectivity index (χ3v) is 3.56. The Kier molecular flexibility index (Phi) is 5.58. The molecule has 26 heavy (non-hydrogen) atoms. The molecule has 0 fully saturated rings. The molecular formula is C19H20FN3O3. The molecule has 0 saturated carbocycles. The van der Waals surface area contributed by atoms with E-state index in [0.717, 1.165) is 5.56 Å². The van der Waals surface area contributed by atoms with E-state index in [9.17, 15) is 4.39 Å². The predicted octanol–water partition coefficient (Wildman–Crippen LogP) is 4.34. The van der Waals surface area contributed by atoms with Gasteiger partial charge in [-0.2, -0.15) is 4.98 Å². The molecule has 6 nitrogen and oxygen atoms in total. The van der Waals surface area contributed by atoms with E-state index in [-0.39, 0.29) is 11.9 Å². The summed E-state index contributed by atoms with van der Waals surface area (Å²) in [4.78, 5) is 8.62. The maximum atomic E-state index is 12.9. The molecular weight excluding hydrogens is 337 g/mol. The van der Waals surface area contributed by atoms with Crippen LogP contribution in [-0.4, -0.2) is 21.2 Å². The molecule has 0 aliphatic heterocycles. The molecule has 136 valence electrons. The molecule has 2 aromatic heterocycles. The first-order valence-electron chi connectivity index (χ1n) is 8.34. The van der Waals surface area contributed by atoms with Gasteiger partial charge in [0.1, 0.15) is 11.9 Å². The van der Waals surface area contributed by atoms with E-state index >= 15 is 0 Å². The molecule has 0 radical (unpaired) electrons. The molecule has 0 aliphatic carbocycles. The minimum atomic E-state index is -0.410. The minimum absolute atomic E-state index is 0.0204. The SMILES string of the molecule is CC(C)Oc1ncccc1-c1noc(C(C)OCc2ccc(F)cc2)n1. The van der Waals surface area contributed by atoms with Gasteiger partial charge in [0, 0.05) is 6.20 Å². The summed E-state index contributed by atoms with van der Waals surface area (Å²) in [6.45, 7) is 5.97. The van der Waals surface area contributed by atoms with Crippen molar-refractivity contribution >= 4 is 0 Å². The normalized spacial score (nSPS) is 12.3. The highest BCUT2D eigenvalue weighted by molar-refractivity contribution is 5.60. The fourth-order valence-electron chi connectivity index (χ4n) is 2.26. The number of hydrogen-bond donors (Lipinski definition) is 0. The highest BCUT2D eigenvalue weighted by atomic mass is 19.1. The van der Waals surface area contributed by atoms with Crippen molar-refractivity contribution in [2.45, 2.75) is 39.6 Å². The van der Waals surface area contributed by atoms with Crippen LogP contribution >= 0.6 is 0 Å². The molecule has 0 bridgehead atoms. The van der Waals surface area contributed by atoms with Gasteiger partial charge in [-0.15, -0.1) is 0 Å². The van der Waals surface area contributed by atoms with Crippen molar-refractivity contribution < 1.29 is 18.4 Å². The highest BCUT2D eigenvalue weighted by Gasteiger charge is 2.19. The van der Waals surface area contributed by atoms with Crippen LogP contribution in [0.25, 0.3) is 11.4 Å². The standard InChI is InChI=1S/C19H20FN3O3/c1-12(2)25-19-16(5-4-10-21-19)17-22-18(26-23-17)13(3)24-11-14-6-8-15(20)9-7-14/h4-10,12-13H,11H2,1-3H3. The van der Waals surface area contributed by atoms with Gasteiger partial charge in [0.2, 0.25) is 11.7 Å². The Bertz CT molecular complexity index is 849. The molecule has 0 aliphatic rings. The molecule has 3 rings (SSSR count). The molecule has 2 heterocycles. The minimum Gasteiger partial charge on any atom is -0.474 e. The summed E-state index contributed by atoms with van der Waals surface area (Å²) in [5.41, 5.74) is 1.51. The second kappa shape index (κ2) is 8.05. The van der Waals surface area contributed by atoms with Crippen LogP contribution in [0, 0.1) is 5.82 Å². The molecule has 0 saturated heterocycles. The van der Waals surface area contributed by atoms with Crippen molar-refractivity contribution in [2.24, 2.45) is 0 Å². The van der Waals surface area contributed by atoms with Crippen LogP contribution in [0.2, 0.25) is 0 Å². The summed E-state index contributed by atoms with van der Waals surface area (Å²) in [7, 11) is 0. The quantitative estimate of drug-likeness (QED) is 0.627. The number of hydrogen-bond acceptors (Lipinski definition) is 6. The van der Waals surface area contributed by atoms with Crippen LogP contribution in [0.5, 0.6) is 5.88 Å². The summed E-state index contributed by atoms with van der Waals surface area (Å²) in [6, 6.07) is 9.75. The lowest BCUT2D eigenvalue weighted by atomic mass is 10.2. The largest absolute Gasteiger partial charge is 0.474 e. The summed E-state index contributed by atoms with van der Waals surface area (Å²) >= 11 is 0. The second-order valence-electron chi connectivity index (χ2n) is 6.06. The van der Waals surface area contributed by atoms with Gasteiger partial charge in [-0.3, -0.25) is 0 Å². The Labute approximate surface area is 151 Å². The Morgan fingerprint density at radius 3 is 2.62 bits per heavy atom. The first-order valence-corrected chi connectivity index (χ1v) is 8.34. The van der Waals surface area contributed by atoms with E-state index in [4.69, 9.17) is 14.0 Å². The number of aromatic nitrogens is 3. The van der Waals surface area contributed by atoms with E-state index in [2.05, 4.69) is 15.1 Å². The third kappa shape index (κ3) is 4.43. The molecule has 0 spiro atoms. The highest BCUT2D eigenvalue weighted by Crippen LogP contribution is 2.27. The summed E-state index contributed by atoms with van der Waals surface area (Å²) in [5, 5.41) is 4.01. The molecule has 1 aromatic carbocycles. The number of ether oxygens (including phenoxy) is 2. The van der Waals surface area contributed by atoms with Crippen LogP contribution in [0.1, 0.15) is 38.3 Å². The van der Waals surface area contributed by atoms with Gasteiger partial charge < -0.3 is 14.0 Å². The lowest BCUT2D eigenvalue weighted by Gasteiger charge is -2.10.